The fraction of sp³-hybridized carbons (Fsp3) is 0.211. The summed E-state index contributed by atoms with van der Waals surface area (Å²) in [6.45, 7) is -0.408. The Labute approximate surface area is 166 Å². The number of hydrogen-bond acceptors (Lipinski definition) is 6. The highest BCUT2D eigenvalue weighted by Crippen LogP contribution is 2.25. The van der Waals surface area contributed by atoms with Crippen LogP contribution in [0.25, 0.3) is 0 Å². The molecule has 1 N–H and O–H groups in total. The van der Waals surface area contributed by atoms with Crippen molar-refractivity contribution in [3.8, 4) is 0 Å². The SMILES string of the molecule is O=S(=O)(c1ccccc1)N(CC(O)COCc1ccccc1F)c1nccs1. The molecule has 1 heterocycles. The highest BCUT2D eigenvalue weighted by molar-refractivity contribution is 7.93. The van der Waals surface area contributed by atoms with Crippen molar-refractivity contribution in [3.63, 3.8) is 0 Å². The van der Waals surface area contributed by atoms with Crippen LogP contribution < -0.4 is 4.31 Å². The third kappa shape index (κ3) is 4.93. The van der Waals surface area contributed by atoms with E-state index in [2.05, 4.69) is 4.98 Å². The summed E-state index contributed by atoms with van der Waals surface area (Å²) in [6.07, 6.45) is 0.378. The molecule has 3 aromatic rings. The van der Waals surface area contributed by atoms with Crippen LogP contribution in [-0.2, 0) is 21.4 Å². The average molecular weight is 423 g/mol. The van der Waals surface area contributed by atoms with Gasteiger partial charge in [-0.25, -0.2) is 22.1 Å². The van der Waals surface area contributed by atoms with Crippen LogP contribution >= 0.6 is 11.3 Å². The summed E-state index contributed by atoms with van der Waals surface area (Å²) in [6, 6.07) is 14.1. The molecule has 1 atom stereocenters. The van der Waals surface area contributed by atoms with Gasteiger partial charge >= 0.3 is 0 Å². The van der Waals surface area contributed by atoms with Crippen molar-refractivity contribution in [2.45, 2.75) is 17.6 Å². The number of rotatable bonds is 9. The van der Waals surface area contributed by atoms with Crippen molar-refractivity contribution in [2.24, 2.45) is 0 Å². The number of aromatic nitrogens is 1. The zero-order valence-electron chi connectivity index (χ0n) is 14.8. The van der Waals surface area contributed by atoms with Crippen LogP contribution in [0.3, 0.4) is 0 Å². The van der Waals surface area contributed by atoms with E-state index < -0.39 is 21.9 Å². The van der Waals surface area contributed by atoms with Gasteiger partial charge in [0.25, 0.3) is 10.0 Å². The maximum Gasteiger partial charge on any atom is 0.266 e. The third-order valence-electron chi connectivity index (χ3n) is 3.87. The van der Waals surface area contributed by atoms with Crippen LogP contribution in [0.15, 0.2) is 71.1 Å². The highest BCUT2D eigenvalue weighted by Gasteiger charge is 2.28. The fourth-order valence-electron chi connectivity index (χ4n) is 2.50. The smallest absolute Gasteiger partial charge is 0.266 e. The van der Waals surface area contributed by atoms with Gasteiger partial charge in [0.1, 0.15) is 5.82 Å². The Morgan fingerprint density at radius 2 is 1.86 bits per heavy atom. The standard InChI is InChI=1S/C19H19FN2O4S2/c20-18-9-5-4-6-15(18)13-26-14-16(23)12-22(19-21-10-11-27-19)28(24,25)17-7-2-1-3-8-17/h1-11,16,23H,12-14H2. The van der Waals surface area contributed by atoms with E-state index in [9.17, 15) is 17.9 Å². The maximum absolute atomic E-state index is 13.6. The summed E-state index contributed by atoms with van der Waals surface area (Å²) >= 11 is 1.15. The zero-order valence-corrected chi connectivity index (χ0v) is 16.4. The summed E-state index contributed by atoms with van der Waals surface area (Å²) in [5, 5.41) is 12.2. The molecular formula is C19H19FN2O4S2. The normalized spacial score (nSPS) is 12.6. The number of thiazole rings is 1. The average Bonchev–Trinajstić information content (AvgIpc) is 3.22. The molecule has 0 amide bonds. The molecule has 148 valence electrons. The second-order valence-electron chi connectivity index (χ2n) is 5.92. The molecule has 9 heteroatoms. The van der Waals surface area contributed by atoms with Gasteiger partial charge in [-0.2, -0.15) is 0 Å². The lowest BCUT2D eigenvalue weighted by molar-refractivity contribution is 0.0323. The van der Waals surface area contributed by atoms with Crippen molar-refractivity contribution in [2.75, 3.05) is 17.5 Å². The van der Waals surface area contributed by atoms with Crippen LogP contribution in [-0.4, -0.2) is 37.8 Å². The van der Waals surface area contributed by atoms with Crippen molar-refractivity contribution >= 4 is 26.5 Å². The lowest BCUT2D eigenvalue weighted by Gasteiger charge is -2.24. The van der Waals surface area contributed by atoms with E-state index in [0.717, 1.165) is 15.6 Å². The molecule has 0 fully saturated rings. The minimum absolute atomic E-state index is 0.0214. The topological polar surface area (TPSA) is 79.7 Å². The molecule has 0 aliphatic heterocycles. The van der Waals surface area contributed by atoms with E-state index in [0.29, 0.717) is 5.56 Å². The van der Waals surface area contributed by atoms with Crippen molar-refractivity contribution in [1.29, 1.82) is 0 Å². The minimum Gasteiger partial charge on any atom is -0.389 e. The Morgan fingerprint density at radius 1 is 1.14 bits per heavy atom. The van der Waals surface area contributed by atoms with Crippen LogP contribution in [0.2, 0.25) is 0 Å². The van der Waals surface area contributed by atoms with Gasteiger partial charge in [-0.3, -0.25) is 0 Å². The van der Waals surface area contributed by atoms with E-state index in [-0.39, 0.29) is 29.8 Å². The first kappa shape index (κ1) is 20.4. The first-order chi connectivity index (χ1) is 13.5. The summed E-state index contributed by atoms with van der Waals surface area (Å²) in [5.41, 5.74) is 0.364. The van der Waals surface area contributed by atoms with E-state index in [1.54, 1.807) is 41.8 Å². The number of hydrogen-bond donors (Lipinski definition) is 1. The summed E-state index contributed by atoms with van der Waals surface area (Å²) < 4.78 is 46.0. The molecule has 0 saturated carbocycles. The molecule has 0 bridgehead atoms. The first-order valence-electron chi connectivity index (χ1n) is 8.45. The van der Waals surface area contributed by atoms with E-state index in [1.807, 2.05) is 0 Å². The Bertz CT molecular complexity index is 982. The lowest BCUT2D eigenvalue weighted by Crippen LogP contribution is -2.39. The molecule has 0 spiro atoms. The number of halogens is 1. The molecular weight excluding hydrogens is 403 g/mol. The second kappa shape index (κ2) is 9.24. The predicted molar refractivity (Wildman–Crippen MR) is 105 cm³/mol. The highest BCUT2D eigenvalue weighted by atomic mass is 32.2. The fourth-order valence-corrected chi connectivity index (χ4v) is 4.86. The molecule has 0 aliphatic carbocycles. The Hall–Kier alpha value is -2.33. The van der Waals surface area contributed by atoms with Gasteiger partial charge in [0.15, 0.2) is 5.13 Å². The molecule has 0 aliphatic rings. The van der Waals surface area contributed by atoms with Gasteiger partial charge in [0.05, 0.1) is 30.8 Å². The Morgan fingerprint density at radius 3 is 2.54 bits per heavy atom. The van der Waals surface area contributed by atoms with Crippen LogP contribution in [0.4, 0.5) is 9.52 Å². The zero-order chi connectivity index (χ0) is 20.0. The monoisotopic (exact) mass is 422 g/mol. The number of sulfonamides is 1. The molecule has 6 nitrogen and oxygen atoms in total. The van der Waals surface area contributed by atoms with Crippen molar-refractivity contribution in [3.05, 3.63) is 77.6 Å². The van der Waals surface area contributed by atoms with Gasteiger partial charge in [-0.15, -0.1) is 11.3 Å². The Kier molecular flexibility index (Phi) is 6.74. The Balaban J connectivity index is 1.69. The summed E-state index contributed by atoms with van der Waals surface area (Å²) in [5.74, 6) is -0.395. The second-order valence-corrected chi connectivity index (χ2v) is 8.66. The number of nitrogens with zero attached hydrogens (tertiary/aromatic N) is 2. The largest absolute Gasteiger partial charge is 0.389 e. The molecule has 28 heavy (non-hydrogen) atoms. The van der Waals surface area contributed by atoms with Crippen molar-refractivity contribution < 1.29 is 22.7 Å². The van der Waals surface area contributed by atoms with Gasteiger partial charge in [0, 0.05) is 17.1 Å². The van der Waals surface area contributed by atoms with Crippen LogP contribution in [0.5, 0.6) is 0 Å². The number of aliphatic hydroxyl groups is 1. The van der Waals surface area contributed by atoms with E-state index in [1.165, 1.54) is 24.4 Å². The number of ether oxygens (including phenoxy) is 1. The molecule has 0 radical (unpaired) electrons. The van der Waals surface area contributed by atoms with E-state index in [4.69, 9.17) is 4.74 Å². The quantitative estimate of drug-likeness (QED) is 0.573. The molecule has 0 saturated heterocycles. The maximum atomic E-state index is 13.6. The molecule has 1 unspecified atom stereocenters. The number of aliphatic hydroxyl groups excluding tert-OH is 1. The molecule has 1 aromatic heterocycles. The number of anilines is 1. The minimum atomic E-state index is -3.90. The lowest BCUT2D eigenvalue weighted by atomic mass is 10.2. The van der Waals surface area contributed by atoms with Gasteiger partial charge in [-0.1, -0.05) is 36.4 Å². The summed E-state index contributed by atoms with van der Waals surface area (Å²) in [4.78, 5) is 4.17. The summed E-state index contributed by atoms with van der Waals surface area (Å²) in [7, 11) is -3.90. The van der Waals surface area contributed by atoms with Crippen LogP contribution in [0, 0.1) is 5.82 Å². The van der Waals surface area contributed by atoms with Crippen molar-refractivity contribution in [1.82, 2.24) is 4.98 Å². The molecule has 2 aromatic carbocycles. The van der Waals surface area contributed by atoms with Gasteiger partial charge in [-0.05, 0) is 18.2 Å². The van der Waals surface area contributed by atoms with E-state index >= 15 is 0 Å². The van der Waals surface area contributed by atoms with Crippen LogP contribution in [0.1, 0.15) is 5.56 Å². The third-order valence-corrected chi connectivity index (χ3v) is 6.55. The first-order valence-corrected chi connectivity index (χ1v) is 10.8. The predicted octanol–water partition coefficient (Wildman–Crippen LogP) is 3.06. The van der Waals surface area contributed by atoms with Gasteiger partial charge in [0.2, 0.25) is 0 Å². The van der Waals surface area contributed by atoms with Gasteiger partial charge < -0.3 is 9.84 Å². The number of benzene rings is 2. The molecule has 3 rings (SSSR count).